The summed E-state index contributed by atoms with van der Waals surface area (Å²) in [5, 5.41) is 15.3. The topological polar surface area (TPSA) is 134 Å². The molecule has 2 aromatic heterocycles. The molecule has 0 amide bonds. The molecule has 3 aromatic rings. The third-order valence-electron chi connectivity index (χ3n) is 4.25. The molecule has 0 saturated heterocycles. The van der Waals surface area contributed by atoms with Gasteiger partial charge in [-0.2, -0.15) is 4.98 Å². The summed E-state index contributed by atoms with van der Waals surface area (Å²) in [4.78, 5) is 12.7. The molecule has 31 heavy (non-hydrogen) atoms. The zero-order chi connectivity index (χ0) is 22.3. The molecular formula is C19H24BrN7O3S. The highest BCUT2D eigenvalue weighted by atomic mass is 79.9. The maximum absolute atomic E-state index is 12.6. The number of hydrogen-bond donors (Lipinski definition) is 4. The van der Waals surface area contributed by atoms with E-state index in [0.717, 1.165) is 0 Å². The van der Waals surface area contributed by atoms with Crippen molar-refractivity contribution in [2.45, 2.75) is 30.8 Å². The van der Waals surface area contributed by atoms with Gasteiger partial charge in [0.25, 0.3) is 0 Å². The molecule has 3 rings (SSSR count). The summed E-state index contributed by atoms with van der Waals surface area (Å²) >= 11 is 3.36. The third-order valence-corrected chi connectivity index (χ3v) is 6.28. The molecule has 0 fully saturated rings. The lowest BCUT2D eigenvalue weighted by Crippen LogP contribution is -2.25. The van der Waals surface area contributed by atoms with Crippen LogP contribution in [0.1, 0.15) is 13.3 Å². The van der Waals surface area contributed by atoms with Gasteiger partial charge in [0, 0.05) is 43.4 Å². The second-order valence-corrected chi connectivity index (χ2v) is 9.44. The van der Waals surface area contributed by atoms with Gasteiger partial charge in [-0.15, -0.1) is 0 Å². The summed E-state index contributed by atoms with van der Waals surface area (Å²) in [6, 6.07) is 6.24. The zero-order valence-corrected chi connectivity index (χ0v) is 19.3. The van der Waals surface area contributed by atoms with Crippen molar-refractivity contribution >= 4 is 43.4 Å². The Bertz CT molecular complexity index is 1090. The second-order valence-electron chi connectivity index (χ2n) is 6.82. The van der Waals surface area contributed by atoms with Crippen molar-refractivity contribution in [3.8, 4) is 0 Å². The van der Waals surface area contributed by atoms with Crippen LogP contribution in [0.5, 0.6) is 0 Å². The molecule has 1 atom stereocenters. The van der Waals surface area contributed by atoms with Crippen molar-refractivity contribution in [1.82, 2.24) is 24.2 Å². The predicted octanol–water partition coefficient (Wildman–Crippen LogP) is 2.34. The highest BCUT2D eigenvalue weighted by molar-refractivity contribution is 9.10. The molecule has 2 heterocycles. The molecule has 0 bridgehead atoms. The fourth-order valence-corrected chi connectivity index (χ4v) is 4.07. The summed E-state index contributed by atoms with van der Waals surface area (Å²) in [5.74, 6) is 0.807. The first kappa shape index (κ1) is 23.1. The van der Waals surface area contributed by atoms with Crippen molar-refractivity contribution in [3.05, 3.63) is 53.7 Å². The van der Waals surface area contributed by atoms with E-state index in [1.807, 2.05) is 17.7 Å². The first-order valence-corrected chi connectivity index (χ1v) is 11.9. The van der Waals surface area contributed by atoms with Gasteiger partial charge in [-0.1, -0.05) is 6.07 Å². The number of rotatable bonds is 11. The van der Waals surface area contributed by atoms with E-state index in [9.17, 15) is 13.5 Å². The van der Waals surface area contributed by atoms with E-state index >= 15 is 0 Å². The number of nitrogens with one attached hydrogen (secondary N) is 3. The van der Waals surface area contributed by atoms with E-state index in [1.54, 1.807) is 30.9 Å². The van der Waals surface area contributed by atoms with Gasteiger partial charge in [0.1, 0.15) is 5.82 Å². The Balaban J connectivity index is 1.64. The molecule has 166 valence electrons. The summed E-state index contributed by atoms with van der Waals surface area (Å²) in [7, 11) is -3.65. The molecule has 0 unspecified atom stereocenters. The van der Waals surface area contributed by atoms with Gasteiger partial charge in [-0.25, -0.2) is 23.1 Å². The number of halogens is 1. The smallest absolute Gasteiger partial charge is 0.240 e. The van der Waals surface area contributed by atoms with Crippen LogP contribution in [-0.4, -0.2) is 52.2 Å². The van der Waals surface area contributed by atoms with E-state index in [4.69, 9.17) is 0 Å². The van der Waals surface area contributed by atoms with Gasteiger partial charge < -0.3 is 20.3 Å². The minimum atomic E-state index is -3.65. The minimum Gasteiger partial charge on any atom is -0.394 e. The third kappa shape index (κ3) is 6.72. The molecule has 1 aromatic carbocycles. The van der Waals surface area contributed by atoms with Crippen molar-refractivity contribution in [1.29, 1.82) is 0 Å². The van der Waals surface area contributed by atoms with E-state index in [-0.39, 0.29) is 17.5 Å². The highest BCUT2D eigenvalue weighted by Gasteiger charge is 2.14. The van der Waals surface area contributed by atoms with Gasteiger partial charge in [-0.3, -0.25) is 0 Å². The summed E-state index contributed by atoms with van der Waals surface area (Å²) in [5.41, 5.74) is 0.532. The fourth-order valence-electron chi connectivity index (χ4n) is 2.65. The first-order valence-electron chi connectivity index (χ1n) is 9.60. The zero-order valence-electron chi connectivity index (χ0n) is 16.9. The summed E-state index contributed by atoms with van der Waals surface area (Å²) in [6.07, 6.45) is 7.43. The number of aliphatic hydroxyl groups is 1. The van der Waals surface area contributed by atoms with Gasteiger partial charge in [-0.05, 0) is 47.5 Å². The van der Waals surface area contributed by atoms with Gasteiger partial charge in [0.2, 0.25) is 16.0 Å². The van der Waals surface area contributed by atoms with E-state index < -0.39 is 10.0 Å². The van der Waals surface area contributed by atoms with E-state index in [0.29, 0.717) is 41.4 Å². The summed E-state index contributed by atoms with van der Waals surface area (Å²) in [6.45, 7) is 2.76. The van der Waals surface area contributed by atoms with Crippen molar-refractivity contribution in [2.24, 2.45) is 0 Å². The Morgan fingerprint density at radius 3 is 2.90 bits per heavy atom. The molecule has 0 aliphatic rings. The SMILES string of the molecule is C[C@H](CO)Nc1nc(Nc2cccc(S(=O)(=O)NCCCn3ccnc3)c2)ncc1Br. The minimum absolute atomic E-state index is 0.0472. The molecular weight excluding hydrogens is 486 g/mol. The number of aliphatic hydroxyl groups excluding tert-OH is 1. The van der Waals surface area contributed by atoms with E-state index in [2.05, 4.69) is 46.2 Å². The Morgan fingerprint density at radius 2 is 2.16 bits per heavy atom. The first-order chi connectivity index (χ1) is 14.9. The van der Waals surface area contributed by atoms with Crippen LogP contribution in [-0.2, 0) is 16.6 Å². The maximum Gasteiger partial charge on any atom is 0.240 e. The van der Waals surface area contributed by atoms with Crippen LogP contribution >= 0.6 is 15.9 Å². The van der Waals surface area contributed by atoms with Gasteiger partial charge in [0.05, 0.1) is 22.3 Å². The molecule has 4 N–H and O–H groups in total. The highest BCUT2D eigenvalue weighted by Crippen LogP contribution is 2.23. The number of anilines is 3. The van der Waals surface area contributed by atoms with Crippen LogP contribution < -0.4 is 15.4 Å². The molecule has 0 radical (unpaired) electrons. The average molecular weight is 510 g/mol. The van der Waals surface area contributed by atoms with Crippen LogP contribution in [0.15, 0.2) is 58.6 Å². The van der Waals surface area contributed by atoms with Crippen molar-refractivity contribution < 1.29 is 13.5 Å². The lowest BCUT2D eigenvalue weighted by Gasteiger charge is -2.14. The standard InChI is InChI=1S/C19H24BrN7O3S/c1-14(12-28)24-18-17(20)11-22-19(26-18)25-15-4-2-5-16(10-15)31(29,30)23-6-3-8-27-9-7-21-13-27/h2,4-5,7,9-11,13-14,23,28H,3,6,8,12H2,1H3,(H2,22,24,25,26)/t14-/m1/s1. The average Bonchev–Trinajstić information content (AvgIpc) is 3.27. The Morgan fingerprint density at radius 1 is 1.32 bits per heavy atom. The molecule has 0 aliphatic carbocycles. The van der Waals surface area contributed by atoms with Crippen LogP contribution in [0.3, 0.4) is 0 Å². The normalized spacial score (nSPS) is 12.5. The van der Waals surface area contributed by atoms with Crippen molar-refractivity contribution in [2.75, 3.05) is 23.8 Å². The second kappa shape index (κ2) is 10.7. The number of aromatic nitrogens is 4. The quantitative estimate of drug-likeness (QED) is 0.289. The van der Waals surface area contributed by atoms with Crippen LogP contribution in [0, 0.1) is 0 Å². The lowest BCUT2D eigenvalue weighted by molar-refractivity contribution is 0.281. The number of sulfonamides is 1. The Kier molecular flexibility index (Phi) is 7.96. The predicted molar refractivity (Wildman–Crippen MR) is 122 cm³/mol. The largest absolute Gasteiger partial charge is 0.394 e. The van der Waals surface area contributed by atoms with Gasteiger partial charge >= 0.3 is 0 Å². The Hall–Kier alpha value is -2.54. The monoisotopic (exact) mass is 509 g/mol. The molecule has 0 aliphatic heterocycles. The van der Waals surface area contributed by atoms with Crippen LogP contribution in [0.2, 0.25) is 0 Å². The molecule has 0 saturated carbocycles. The molecule has 0 spiro atoms. The van der Waals surface area contributed by atoms with E-state index in [1.165, 1.54) is 12.1 Å². The molecule has 12 heteroatoms. The maximum atomic E-state index is 12.6. The lowest BCUT2D eigenvalue weighted by atomic mass is 10.3. The Labute approximate surface area is 189 Å². The van der Waals surface area contributed by atoms with Crippen molar-refractivity contribution in [3.63, 3.8) is 0 Å². The number of imidazole rings is 1. The van der Waals surface area contributed by atoms with Crippen LogP contribution in [0.25, 0.3) is 0 Å². The van der Waals surface area contributed by atoms with Gasteiger partial charge in [0.15, 0.2) is 0 Å². The summed E-state index contributed by atoms with van der Waals surface area (Å²) < 4.78 is 30.4. The number of benzene rings is 1. The van der Waals surface area contributed by atoms with Crippen LogP contribution in [0.4, 0.5) is 17.5 Å². The number of aryl methyl sites for hydroxylation is 1. The molecule has 10 nitrogen and oxygen atoms in total. The fraction of sp³-hybridized carbons (Fsp3) is 0.316. The number of nitrogens with zero attached hydrogens (tertiary/aromatic N) is 4. The number of hydrogen-bond acceptors (Lipinski definition) is 8.